The number of rotatable bonds is 2. The van der Waals surface area contributed by atoms with Crippen molar-refractivity contribution in [2.45, 2.75) is 25.3 Å². The fourth-order valence-electron chi connectivity index (χ4n) is 3.84. The average Bonchev–Trinajstić information content (AvgIpc) is 2.68. The Morgan fingerprint density at radius 3 is 3.04 bits per heavy atom. The van der Waals surface area contributed by atoms with Crippen LogP contribution in [0.5, 0.6) is 11.5 Å². The molecular formula is C18H19N5O4. The van der Waals surface area contributed by atoms with Gasteiger partial charge in [-0.3, -0.25) is 0 Å². The number of nitriles is 1. The van der Waals surface area contributed by atoms with Crippen molar-refractivity contribution in [2.75, 3.05) is 31.1 Å². The Morgan fingerprint density at radius 2 is 2.26 bits per heavy atom. The third kappa shape index (κ3) is 2.93. The van der Waals surface area contributed by atoms with Gasteiger partial charge in [0.05, 0.1) is 36.0 Å². The van der Waals surface area contributed by atoms with Crippen LogP contribution in [-0.2, 0) is 6.42 Å². The average molecular weight is 369 g/mol. The molecule has 140 valence electrons. The molecule has 0 saturated carbocycles. The number of phenolic OH excluding ortho intramolecular Hbond substituents is 1. The van der Waals surface area contributed by atoms with Gasteiger partial charge in [-0.15, -0.1) is 0 Å². The van der Waals surface area contributed by atoms with Gasteiger partial charge in [0.15, 0.2) is 0 Å². The van der Waals surface area contributed by atoms with Crippen LogP contribution < -0.4 is 9.64 Å². The Morgan fingerprint density at radius 1 is 1.41 bits per heavy atom. The molecule has 1 fully saturated rings. The second-order valence-corrected chi connectivity index (χ2v) is 6.68. The minimum absolute atomic E-state index is 0.112. The summed E-state index contributed by atoms with van der Waals surface area (Å²) in [7, 11) is 0. The lowest BCUT2D eigenvalue weighted by Gasteiger charge is -2.40. The van der Waals surface area contributed by atoms with Crippen LogP contribution in [0.1, 0.15) is 18.4 Å². The van der Waals surface area contributed by atoms with Crippen molar-refractivity contribution in [3.63, 3.8) is 0 Å². The Bertz CT molecular complexity index is 941. The molecule has 3 heterocycles. The number of carboxylic acid groups (broad SMARTS) is 1. The number of nitrogens with zero attached hydrogens (tertiary/aromatic N) is 5. The molecule has 1 aromatic heterocycles. The molecule has 1 amide bonds. The van der Waals surface area contributed by atoms with Crippen LogP contribution in [0.25, 0.3) is 10.9 Å². The van der Waals surface area contributed by atoms with Crippen molar-refractivity contribution >= 4 is 22.8 Å². The van der Waals surface area contributed by atoms with E-state index in [0.29, 0.717) is 36.8 Å². The van der Waals surface area contributed by atoms with Crippen LogP contribution in [-0.4, -0.2) is 63.5 Å². The fraction of sp³-hybridized carbons (Fsp3) is 0.444. The molecule has 1 aromatic carbocycles. The molecule has 2 N–H and O–H groups in total. The summed E-state index contributed by atoms with van der Waals surface area (Å²) in [5.74, 6) is 1.41. The van der Waals surface area contributed by atoms with E-state index in [1.807, 2.05) is 4.90 Å². The van der Waals surface area contributed by atoms with Crippen molar-refractivity contribution in [1.82, 2.24) is 14.9 Å². The van der Waals surface area contributed by atoms with E-state index in [9.17, 15) is 15.0 Å². The first-order chi connectivity index (χ1) is 13.1. The summed E-state index contributed by atoms with van der Waals surface area (Å²) in [5, 5.41) is 29.5. The number of anilines is 1. The van der Waals surface area contributed by atoms with Crippen LogP contribution in [0.15, 0.2) is 12.4 Å². The number of hydrogen-bond donors (Lipinski definition) is 2. The number of hydrogen-bond acceptors (Lipinski definition) is 7. The molecule has 0 aliphatic carbocycles. The minimum atomic E-state index is -1.02. The Balaban J connectivity index is 1.78. The lowest BCUT2D eigenvalue weighted by atomic mass is 10.0. The molecule has 0 spiro atoms. The summed E-state index contributed by atoms with van der Waals surface area (Å²) < 4.78 is 5.86. The maximum atomic E-state index is 11.4. The summed E-state index contributed by atoms with van der Waals surface area (Å²) in [4.78, 5) is 23.4. The van der Waals surface area contributed by atoms with E-state index in [1.165, 1.54) is 11.2 Å². The highest BCUT2D eigenvalue weighted by atomic mass is 16.5. The second kappa shape index (κ2) is 6.79. The zero-order chi connectivity index (χ0) is 19.0. The molecular weight excluding hydrogens is 350 g/mol. The van der Waals surface area contributed by atoms with Crippen LogP contribution in [0, 0.1) is 11.3 Å². The standard InChI is InChI=1S/C18H19N5O4/c19-4-3-11-9-22(5-6-23(11)18(25)26)17-15-13(20-10-21-17)8-14(24)12-2-1-7-27-16(12)15/h8,10-11,24H,1-3,5-7,9H2,(H,25,26)/t11-/m0/s1. The van der Waals surface area contributed by atoms with Crippen molar-refractivity contribution in [3.05, 3.63) is 18.0 Å². The third-order valence-electron chi connectivity index (χ3n) is 5.11. The molecule has 2 aliphatic rings. The first-order valence-electron chi connectivity index (χ1n) is 8.84. The zero-order valence-corrected chi connectivity index (χ0v) is 14.6. The number of fused-ring (bicyclic) bond motifs is 3. The molecule has 4 rings (SSSR count). The smallest absolute Gasteiger partial charge is 0.407 e. The van der Waals surface area contributed by atoms with Crippen LogP contribution >= 0.6 is 0 Å². The Labute approximate surface area is 155 Å². The number of piperazine rings is 1. The van der Waals surface area contributed by atoms with Gasteiger partial charge in [-0.1, -0.05) is 0 Å². The minimum Gasteiger partial charge on any atom is -0.507 e. The summed E-state index contributed by atoms with van der Waals surface area (Å²) in [6, 6.07) is 3.26. The number of amides is 1. The van der Waals surface area contributed by atoms with Gasteiger partial charge in [0.2, 0.25) is 0 Å². The van der Waals surface area contributed by atoms with E-state index in [0.717, 1.165) is 23.8 Å². The van der Waals surface area contributed by atoms with Gasteiger partial charge in [0.1, 0.15) is 23.6 Å². The summed E-state index contributed by atoms with van der Waals surface area (Å²) >= 11 is 0. The van der Waals surface area contributed by atoms with E-state index in [4.69, 9.17) is 10.00 Å². The SMILES string of the molecule is N#CC[C@H]1CN(c2ncnc3cc(O)c4c(c23)OCCC4)CCN1C(=O)O. The van der Waals surface area contributed by atoms with Crippen molar-refractivity contribution in [1.29, 1.82) is 5.26 Å². The molecule has 9 heteroatoms. The fourth-order valence-corrected chi connectivity index (χ4v) is 3.84. The maximum absolute atomic E-state index is 11.4. The molecule has 0 unspecified atom stereocenters. The molecule has 0 radical (unpaired) electrons. The van der Waals surface area contributed by atoms with Gasteiger partial charge in [-0.05, 0) is 12.8 Å². The molecule has 27 heavy (non-hydrogen) atoms. The first-order valence-corrected chi connectivity index (χ1v) is 8.84. The molecule has 2 aliphatic heterocycles. The van der Waals surface area contributed by atoms with Gasteiger partial charge in [0, 0.05) is 31.3 Å². The van der Waals surface area contributed by atoms with Gasteiger partial charge >= 0.3 is 6.09 Å². The highest BCUT2D eigenvalue weighted by Gasteiger charge is 2.32. The maximum Gasteiger partial charge on any atom is 0.407 e. The number of aromatic nitrogens is 2. The van der Waals surface area contributed by atoms with Crippen molar-refractivity contribution in [3.8, 4) is 17.6 Å². The highest BCUT2D eigenvalue weighted by molar-refractivity contribution is 5.97. The summed E-state index contributed by atoms with van der Waals surface area (Å²) in [5.41, 5.74) is 1.33. The van der Waals surface area contributed by atoms with E-state index in [2.05, 4.69) is 16.0 Å². The number of ether oxygens (including phenoxy) is 1. The quantitative estimate of drug-likeness (QED) is 0.821. The van der Waals surface area contributed by atoms with Gasteiger partial charge in [-0.25, -0.2) is 14.8 Å². The van der Waals surface area contributed by atoms with Gasteiger partial charge in [-0.2, -0.15) is 5.26 Å². The first kappa shape index (κ1) is 17.1. The largest absolute Gasteiger partial charge is 0.507 e. The van der Waals surface area contributed by atoms with Crippen LogP contribution in [0.4, 0.5) is 10.6 Å². The highest BCUT2D eigenvalue weighted by Crippen LogP contribution is 2.42. The van der Waals surface area contributed by atoms with Crippen LogP contribution in [0.3, 0.4) is 0 Å². The number of benzene rings is 1. The van der Waals surface area contributed by atoms with E-state index >= 15 is 0 Å². The topological polar surface area (TPSA) is 123 Å². The Kier molecular flexibility index (Phi) is 4.32. The molecule has 1 saturated heterocycles. The van der Waals surface area contributed by atoms with E-state index in [-0.39, 0.29) is 18.7 Å². The number of carbonyl (C=O) groups is 1. The zero-order valence-electron chi connectivity index (χ0n) is 14.6. The molecule has 2 aromatic rings. The Hall–Kier alpha value is -3.28. The summed E-state index contributed by atoms with van der Waals surface area (Å²) in [6.07, 6.45) is 2.07. The number of aromatic hydroxyl groups is 1. The monoisotopic (exact) mass is 369 g/mol. The van der Waals surface area contributed by atoms with E-state index < -0.39 is 12.1 Å². The van der Waals surface area contributed by atoms with Crippen molar-refractivity contribution < 1.29 is 19.7 Å². The molecule has 1 atom stereocenters. The third-order valence-corrected chi connectivity index (χ3v) is 5.11. The molecule has 0 bridgehead atoms. The van der Waals surface area contributed by atoms with Crippen molar-refractivity contribution in [2.24, 2.45) is 0 Å². The van der Waals surface area contributed by atoms with Gasteiger partial charge < -0.3 is 24.7 Å². The summed E-state index contributed by atoms with van der Waals surface area (Å²) in [6.45, 7) is 1.66. The predicted octanol–water partition coefficient (Wildman–Crippen LogP) is 1.74. The lowest BCUT2D eigenvalue weighted by Crippen LogP contribution is -2.55. The van der Waals surface area contributed by atoms with E-state index in [1.54, 1.807) is 6.07 Å². The van der Waals surface area contributed by atoms with Crippen LogP contribution in [0.2, 0.25) is 0 Å². The number of phenols is 1. The van der Waals surface area contributed by atoms with Gasteiger partial charge in [0.25, 0.3) is 0 Å². The normalized spacial score (nSPS) is 19.3. The predicted molar refractivity (Wildman–Crippen MR) is 96.0 cm³/mol. The second-order valence-electron chi connectivity index (χ2n) is 6.68. The molecule has 9 nitrogen and oxygen atoms in total. The lowest BCUT2D eigenvalue weighted by molar-refractivity contribution is 0.119.